The average Bonchev–Trinajstić information content (AvgIpc) is 3.33. The summed E-state index contributed by atoms with van der Waals surface area (Å²) in [4.78, 5) is 26.7. The van der Waals surface area contributed by atoms with Gasteiger partial charge in [0.25, 0.3) is 0 Å². The van der Waals surface area contributed by atoms with Gasteiger partial charge in [-0.2, -0.15) is 0 Å². The molecule has 3 heterocycles. The number of nitrogens with zero attached hydrogens (tertiary/aromatic N) is 1. The molecular weight excluding hydrogens is 551 g/mol. The SMILES string of the molecule is CC1(C)OC2C(CO[Si](c3ccccc3)(c3ccccc3)C(C)(C)C)[Se]C(n3ccc(=O)[nH]c3=O)C2O1. The number of benzene rings is 2. The summed E-state index contributed by atoms with van der Waals surface area (Å²) in [6.45, 7) is 11.1. The van der Waals surface area contributed by atoms with E-state index >= 15 is 0 Å². The Balaban J connectivity index is 1.52. The molecule has 0 spiro atoms. The zero-order valence-corrected chi connectivity index (χ0v) is 24.6. The molecule has 37 heavy (non-hydrogen) atoms. The van der Waals surface area contributed by atoms with Gasteiger partial charge in [-0.1, -0.05) is 0 Å². The normalized spacial score (nSPS) is 25.2. The number of ether oxygens (including phenoxy) is 2. The molecule has 0 saturated carbocycles. The van der Waals surface area contributed by atoms with Crippen LogP contribution in [0, 0.1) is 0 Å². The Morgan fingerprint density at radius 3 is 2.05 bits per heavy atom. The van der Waals surface area contributed by atoms with Crippen molar-refractivity contribution in [3.63, 3.8) is 0 Å². The molecule has 2 fully saturated rings. The Bertz CT molecular complexity index is 1310. The summed E-state index contributed by atoms with van der Waals surface area (Å²) in [7, 11) is -2.72. The Hall–Kier alpha value is -2.26. The molecule has 3 aromatic rings. The standard InChI is InChI=1S/C28H34N2O5SeSi/c1-27(2,3)37(19-12-8-6-9-13-19,20-14-10-7-11-15-20)33-18-21-23-24(35-28(4,5)34-23)25(36-21)30-17-16-22(31)29-26(30)32/h6-17,21,23-25H,18H2,1-5H3,(H,29,31,32). The first-order chi connectivity index (χ1) is 17.5. The molecule has 2 saturated heterocycles. The monoisotopic (exact) mass is 586 g/mol. The van der Waals surface area contributed by atoms with Crippen molar-refractivity contribution >= 4 is 33.6 Å². The van der Waals surface area contributed by atoms with E-state index in [1.165, 1.54) is 16.4 Å². The fraction of sp³-hybridized carbons (Fsp3) is 0.429. The van der Waals surface area contributed by atoms with Gasteiger partial charge in [-0.15, -0.1) is 0 Å². The molecule has 4 atom stereocenters. The molecule has 5 rings (SSSR count). The number of H-pyrrole nitrogens is 1. The molecule has 7 nitrogen and oxygen atoms in total. The van der Waals surface area contributed by atoms with Crippen LogP contribution in [0.1, 0.15) is 39.6 Å². The first-order valence-corrected chi connectivity index (χ1v) is 16.5. The first-order valence-electron chi connectivity index (χ1n) is 12.6. The van der Waals surface area contributed by atoms with Crippen LogP contribution in [0.25, 0.3) is 0 Å². The summed E-state index contributed by atoms with van der Waals surface area (Å²) in [5.74, 6) is -0.758. The second-order valence-electron chi connectivity index (χ2n) is 11.1. The zero-order valence-electron chi connectivity index (χ0n) is 21.8. The van der Waals surface area contributed by atoms with Gasteiger partial charge in [0.2, 0.25) is 0 Å². The number of hydrogen-bond donors (Lipinski definition) is 1. The minimum atomic E-state index is -2.72. The second kappa shape index (κ2) is 9.80. The fourth-order valence-corrected chi connectivity index (χ4v) is 13.7. The summed E-state index contributed by atoms with van der Waals surface area (Å²) in [5.41, 5.74) is -0.821. The summed E-state index contributed by atoms with van der Waals surface area (Å²) >= 11 is -0.0701. The van der Waals surface area contributed by atoms with E-state index in [-0.39, 0.29) is 42.0 Å². The van der Waals surface area contributed by atoms with Crippen molar-refractivity contribution < 1.29 is 13.9 Å². The molecule has 1 aromatic heterocycles. The van der Waals surface area contributed by atoms with Gasteiger partial charge in [-0.25, -0.2) is 0 Å². The summed E-state index contributed by atoms with van der Waals surface area (Å²) in [6, 6.07) is 22.6. The molecule has 196 valence electrons. The molecule has 0 aliphatic carbocycles. The van der Waals surface area contributed by atoms with Gasteiger partial charge in [0, 0.05) is 0 Å². The van der Waals surface area contributed by atoms with E-state index in [0.717, 1.165) is 0 Å². The number of aromatic amines is 1. The van der Waals surface area contributed by atoms with Crippen LogP contribution in [-0.2, 0) is 13.9 Å². The Morgan fingerprint density at radius 1 is 0.946 bits per heavy atom. The molecule has 9 heteroatoms. The van der Waals surface area contributed by atoms with E-state index in [2.05, 4.69) is 74.3 Å². The average molecular weight is 586 g/mol. The number of hydrogen-bond acceptors (Lipinski definition) is 5. The topological polar surface area (TPSA) is 82.5 Å². The van der Waals surface area contributed by atoms with Gasteiger partial charge in [0.15, 0.2) is 0 Å². The van der Waals surface area contributed by atoms with Crippen molar-refractivity contribution in [3.05, 3.63) is 93.8 Å². The van der Waals surface area contributed by atoms with E-state index in [1.807, 2.05) is 26.0 Å². The summed E-state index contributed by atoms with van der Waals surface area (Å²) in [6.07, 6.45) is 1.09. The Labute approximate surface area is 224 Å². The van der Waals surface area contributed by atoms with Gasteiger partial charge in [0.05, 0.1) is 0 Å². The van der Waals surface area contributed by atoms with Crippen LogP contribution in [-0.4, -0.2) is 57.4 Å². The van der Waals surface area contributed by atoms with Gasteiger partial charge >= 0.3 is 225 Å². The third-order valence-electron chi connectivity index (χ3n) is 7.13. The fourth-order valence-electron chi connectivity index (χ4n) is 5.61. The van der Waals surface area contributed by atoms with Crippen LogP contribution in [0.4, 0.5) is 0 Å². The number of fused-ring (bicyclic) bond motifs is 1. The molecule has 2 aliphatic heterocycles. The molecule has 0 radical (unpaired) electrons. The minimum absolute atomic E-state index is 0.0701. The molecule has 2 aliphatic rings. The van der Waals surface area contributed by atoms with E-state index in [9.17, 15) is 9.59 Å². The first kappa shape index (κ1) is 26.3. The Morgan fingerprint density at radius 2 is 1.51 bits per heavy atom. The van der Waals surface area contributed by atoms with Crippen molar-refractivity contribution in [1.82, 2.24) is 9.55 Å². The quantitative estimate of drug-likeness (QED) is 0.450. The van der Waals surface area contributed by atoms with Crippen molar-refractivity contribution in [2.45, 2.75) is 67.4 Å². The predicted octanol–water partition coefficient (Wildman–Crippen LogP) is 2.64. The van der Waals surface area contributed by atoms with E-state index in [4.69, 9.17) is 13.9 Å². The van der Waals surface area contributed by atoms with Crippen LogP contribution in [0.2, 0.25) is 9.85 Å². The van der Waals surface area contributed by atoms with E-state index in [1.54, 1.807) is 10.8 Å². The number of nitrogens with one attached hydrogen (secondary N) is 1. The maximum atomic E-state index is 12.7. The number of aromatic nitrogens is 2. The summed E-state index contributed by atoms with van der Waals surface area (Å²) < 4.78 is 21.6. The Kier molecular flexibility index (Phi) is 6.98. The third kappa shape index (κ3) is 4.85. The van der Waals surface area contributed by atoms with E-state index in [0.29, 0.717) is 6.61 Å². The molecule has 1 N–H and O–H groups in total. The van der Waals surface area contributed by atoms with Crippen LogP contribution >= 0.6 is 0 Å². The van der Waals surface area contributed by atoms with Gasteiger partial charge in [-0.05, 0) is 0 Å². The molecule has 4 unspecified atom stereocenters. The summed E-state index contributed by atoms with van der Waals surface area (Å²) in [5, 5.41) is 2.32. The van der Waals surface area contributed by atoms with Crippen molar-refractivity contribution in [2.24, 2.45) is 0 Å². The van der Waals surface area contributed by atoms with E-state index < -0.39 is 25.4 Å². The predicted molar refractivity (Wildman–Crippen MR) is 147 cm³/mol. The second-order valence-corrected chi connectivity index (χ2v) is 18.3. The maximum absolute atomic E-state index is 12.7. The van der Waals surface area contributed by atoms with Gasteiger partial charge < -0.3 is 0 Å². The van der Waals surface area contributed by atoms with Gasteiger partial charge in [-0.3, -0.25) is 0 Å². The molecule has 2 aromatic carbocycles. The van der Waals surface area contributed by atoms with Crippen LogP contribution in [0.15, 0.2) is 82.5 Å². The molecule has 0 bridgehead atoms. The van der Waals surface area contributed by atoms with Crippen molar-refractivity contribution in [2.75, 3.05) is 6.61 Å². The van der Waals surface area contributed by atoms with Crippen LogP contribution in [0.3, 0.4) is 0 Å². The number of rotatable bonds is 6. The molecular formula is C28H34N2O5SeSi. The zero-order chi connectivity index (χ0) is 26.4. The van der Waals surface area contributed by atoms with Crippen molar-refractivity contribution in [3.8, 4) is 0 Å². The molecule has 0 amide bonds. The van der Waals surface area contributed by atoms with Gasteiger partial charge in [0.1, 0.15) is 0 Å². The van der Waals surface area contributed by atoms with Crippen LogP contribution < -0.4 is 21.6 Å². The third-order valence-corrected chi connectivity index (χ3v) is 15.3. The van der Waals surface area contributed by atoms with Crippen molar-refractivity contribution in [1.29, 1.82) is 0 Å². The van der Waals surface area contributed by atoms with Crippen LogP contribution in [0.5, 0.6) is 0 Å².